The third-order valence-corrected chi connectivity index (χ3v) is 4.65. The summed E-state index contributed by atoms with van der Waals surface area (Å²) in [6.45, 7) is 8.96. The Hall–Kier alpha value is -0.410. The number of hydrogen-bond acceptors (Lipinski definition) is 3. The minimum Gasteiger partial charge on any atom is -0.303 e. The van der Waals surface area contributed by atoms with Gasteiger partial charge in [0, 0.05) is 17.1 Å². The number of nitrogens with one attached hydrogen (secondary N) is 1. The fraction of sp³-hybridized carbons (Fsp3) is 0.769. The van der Waals surface area contributed by atoms with E-state index in [1.54, 1.807) is 11.3 Å². The molecule has 16 heavy (non-hydrogen) atoms. The van der Waals surface area contributed by atoms with Crippen LogP contribution in [0.15, 0.2) is 6.20 Å². The molecule has 2 unspecified atom stereocenters. The lowest BCUT2D eigenvalue weighted by atomic mass is 10.0. The van der Waals surface area contributed by atoms with Crippen LogP contribution < -0.4 is 5.32 Å². The molecule has 1 aromatic rings. The molecule has 1 aliphatic rings. The highest BCUT2D eigenvalue weighted by Gasteiger charge is 2.30. The first-order valence-electron chi connectivity index (χ1n) is 6.18. The smallest absolute Gasteiger partial charge is 0.112 e. The molecule has 0 saturated heterocycles. The van der Waals surface area contributed by atoms with Crippen LogP contribution in [0.2, 0.25) is 0 Å². The second-order valence-electron chi connectivity index (χ2n) is 5.66. The van der Waals surface area contributed by atoms with Gasteiger partial charge in [0.05, 0.1) is 5.54 Å². The van der Waals surface area contributed by atoms with Gasteiger partial charge in [-0.15, -0.1) is 11.3 Å². The Balaban J connectivity index is 2.02. The van der Waals surface area contributed by atoms with E-state index in [-0.39, 0.29) is 5.54 Å². The Morgan fingerprint density at radius 3 is 2.69 bits per heavy atom. The van der Waals surface area contributed by atoms with Crippen LogP contribution in [-0.4, -0.2) is 11.0 Å². The maximum Gasteiger partial charge on any atom is 0.112 e. The Labute approximate surface area is 102 Å². The molecular weight excluding hydrogens is 216 g/mol. The van der Waals surface area contributed by atoms with Gasteiger partial charge in [0.1, 0.15) is 5.01 Å². The summed E-state index contributed by atoms with van der Waals surface area (Å²) in [5.41, 5.74) is 0.0215. The van der Waals surface area contributed by atoms with Gasteiger partial charge in [0.15, 0.2) is 0 Å². The second-order valence-corrected chi connectivity index (χ2v) is 6.90. The zero-order valence-electron chi connectivity index (χ0n) is 10.7. The molecule has 0 amide bonds. The fourth-order valence-electron chi connectivity index (χ4n) is 2.55. The molecular formula is C13H22N2S. The summed E-state index contributed by atoms with van der Waals surface area (Å²) < 4.78 is 0. The molecule has 0 aliphatic heterocycles. The average molecular weight is 238 g/mol. The average Bonchev–Trinajstić information content (AvgIpc) is 2.75. The van der Waals surface area contributed by atoms with Crippen molar-refractivity contribution < 1.29 is 0 Å². The van der Waals surface area contributed by atoms with Crippen molar-refractivity contribution in [2.75, 3.05) is 0 Å². The van der Waals surface area contributed by atoms with Gasteiger partial charge >= 0.3 is 0 Å². The number of rotatable bonds is 3. The van der Waals surface area contributed by atoms with Gasteiger partial charge in [-0.2, -0.15) is 0 Å². The van der Waals surface area contributed by atoms with Crippen molar-refractivity contribution in [2.24, 2.45) is 5.92 Å². The van der Waals surface area contributed by atoms with Crippen molar-refractivity contribution in [1.29, 1.82) is 0 Å². The number of aryl methyl sites for hydroxylation is 1. The van der Waals surface area contributed by atoms with Crippen LogP contribution in [0.4, 0.5) is 0 Å². The zero-order chi connectivity index (χ0) is 11.8. The molecule has 0 aromatic carbocycles. The summed E-state index contributed by atoms with van der Waals surface area (Å²) in [5.74, 6) is 0.881. The largest absolute Gasteiger partial charge is 0.303 e. The fourth-order valence-corrected chi connectivity index (χ4v) is 3.38. The van der Waals surface area contributed by atoms with E-state index in [2.05, 4.69) is 38.0 Å². The SMILES string of the molecule is Cc1cnc(C(C)(C)NC2CCC(C)C2)s1. The van der Waals surface area contributed by atoms with E-state index in [0.29, 0.717) is 6.04 Å². The number of hydrogen-bond donors (Lipinski definition) is 1. The lowest BCUT2D eigenvalue weighted by molar-refractivity contribution is 0.337. The summed E-state index contributed by atoms with van der Waals surface area (Å²) in [6, 6.07) is 0.675. The van der Waals surface area contributed by atoms with Gasteiger partial charge < -0.3 is 5.32 Å². The molecule has 2 nitrogen and oxygen atoms in total. The molecule has 1 heterocycles. The van der Waals surface area contributed by atoms with Gasteiger partial charge in [-0.05, 0) is 46.0 Å². The maximum atomic E-state index is 4.50. The highest BCUT2D eigenvalue weighted by Crippen LogP contribution is 2.30. The van der Waals surface area contributed by atoms with Crippen LogP contribution in [0, 0.1) is 12.8 Å². The van der Waals surface area contributed by atoms with E-state index in [4.69, 9.17) is 0 Å². The minimum atomic E-state index is 0.0215. The van der Waals surface area contributed by atoms with E-state index in [1.165, 1.54) is 29.1 Å². The second kappa shape index (κ2) is 4.46. The summed E-state index contributed by atoms with van der Waals surface area (Å²) in [7, 11) is 0. The van der Waals surface area contributed by atoms with Crippen molar-refractivity contribution in [2.45, 2.75) is 58.5 Å². The minimum absolute atomic E-state index is 0.0215. The molecule has 1 N–H and O–H groups in total. The van der Waals surface area contributed by atoms with Gasteiger partial charge in [-0.3, -0.25) is 0 Å². The lowest BCUT2D eigenvalue weighted by Gasteiger charge is -2.28. The molecule has 2 rings (SSSR count). The van der Waals surface area contributed by atoms with Crippen LogP contribution in [-0.2, 0) is 5.54 Å². The lowest BCUT2D eigenvalue weighted by Crippen LogP contribution is -2.42. The Kier molecular flexibility index (Phi) is 3.36. The highest BCUT2D eigenvalue weighted by molar-refractivity contribution is 7.11. The van der Waals surface area contributed by atoms with Gasteiger partial charge in [0.25, 0.3) is 0 Å². The number of thiazole rings is 1. The van der Waals surface area contributed by atoms with Crippen molar-refractivity contribution in [3.63, 3.8) is 0 Å². The first-order chi connectivity index (χ1) is 7.47. The van der Waals surface area contributed by atoms with E-state index in [9.17, 15) is 0 Å². The van der Waals surface area contributed by atoms with Crippen molar-refractivity contribution >= 4 is 11.3 Å². The van der Waals surface area contributed by atoms with E-state index < -0.39 is 0 Å². The standard InChI is InChI=1S/C13H22N2S/c1-9-5-6-11(7-9)15-13(3,4)12-14-8-10(2)16-12/h8-9,11,15H,5-7H2,1-4H3. The zero-order valence-corrected chi connectivity index (χ0v) is 11.5. The molecule has 0 bridgehead atoms. The number of nitrogens with zero attached hydrogens (tertiary/aromatic N) is 1. The molecule has 1 fully saturated rings. The van der Waals surface area contributed by atoms with Gasteiger partial charge in [0.2, 0.25) is 0 Å². The molecule has 1 saturated carbocycles. The number of aromatic nitrogens is 1. The van der Waals surface area contributed by atoms with E-state index in [1.807, 2.05) is 6.20 Å². The highest BCUT2D eigenvalue weighted by atomic mass is 32.1. The Morgan fingerprint density at radius 1 is 1.44 bits per heavy atom. The molecule has 1 aliphatic carbocycles. The Morgan fingerprint density at radius 2 is 2.19 bits per heavy atom. The summed E-state index contributed by atoms with van der Waals surface area (Å²) in [4.78, 5) is 5.80. The van der Waals surface area contributed by atoms with Crippen LogP contribution in [0.3, 0.4) is 0 Å². The first kappa shape index (κ1) is 12.1. The van der Waals surface area contributed by atoms with E-state index >= 15 is 0 Å². The topological polar surface area (TPSA) is 24.9 Å². The molecule has 2 atom stereocenters. The van der Waals surface area contributed by atoms with Crippen molar-refractivity contribution in [3.05, 3.63) is 16.1 Å². The van der Waals surface area contributed by atoms with Crippen LogP contribution in [0.5, 0.6) is 0 Å². The van der Waals surface area contributed by atoms with Crippen LogP contribution in [0.25, 0.3) is 0 Å². The van der Waals surface area contributed by atoms with Crippen molar-refractivity contribution in [3.8, 4) is 0 Å². The first-order valence-corrected chi connectivity index (χ1v) is 6.99. The third kappa shape index (κ3) is 2.64. The molecule has 0 radical (unpaired) electrons. The summed E-state index contributed by atoms with van der Waals surface area (Å²) in [5, 5.41) is 4.98. The molecule has 90 valence electrons. The molecule has 0 spiro atoms. The van der Waals surface area contributed by atoms with E-state index in [0.717, 1.165) is 5.92 Å². The third-order valence-electron chi connectivity index (χ3n) is 3.42. The maximum absolute atomic E-state index is 4.50. The Bertz CT molecular complexity index is 357. The summed E-state index contributed by atoms with van der Waals surface area (Å²) in [6.07, 6.45) is 5.97. The molecule has 3 heteroatoms. The monoisotopic (exact) mass is 238 g/mol. The molecule has 1 aromatic heterocycles. The quantitative estimate of drug-likeness (QED) is 0.872. The predicted molar refractivity (Wildman–Crippen MR) is 69.8 cm³/mol. The van der Waals surface area contributed by atoms with Gasteiger partial charge in [-0.1, -0.05) is 6.92 Å². The van der Waals surface area contributed by atoms with Crippen LogP contribution in [0.1, 0.15) is 49.9 Å². The normalized spacial score (nSPS) is 26.2. The van der Waals surface area contributed by atoms with Gasteiger partial charge in [-0.25, -0.2) is 4.98 Å². The predicted octanol–water partition coefficient (Wildman–Crippen LogP) is 3.46. The summed E-state index contributed by atoms with van der Waals surface area (Å²) >= 11 is 1.81. The van der Waals surface area contributed by atoms with Crippen LogP contribution >= 0.6 is 11.3 Å². The van der Waals surface area contributed by atoms with Crippen molar-refractivity contribution in [1.82, 2.24) is 10.3 Å².